The van der Waals surface area contributed by atoms with Gasteiger partial charge in [0.25, 0.3) is 0 Å². The van der Waals surface area contributed by atoms with E-state index in [9.17, 15) is 9.90 Å². The molecule has 2 heteroatoms. The smallest absolute Gasteiger partial charge is 0.146 e. The molecular formula is C32H34O2. The third-order valence-corrected chi connectivity index (χ3v) is 8.12. The fraction of sp³-hybridized carbons (Fsp3) is 0.344. The van der Waals surface area contributed by atoms with Gasteiger partial charge in [-0.1, -0.05) is 106 Å². The number of Topliss-reactive ketones (excluding diaryl/α,β-unsaturated/α-hetero) is 1. The maximum absolute atomic E-state index is 13.8. The highest BCUT2D eigenvalue weighted by Gasteiger charge is 2.50. The Hall–Kier alpha value is -3.13. The van der Waals surface area contributed by atoms with Gasteiger partial charge in [-0.05, 0) is 51.5 Å². The summed E-state index contributed by atoms with van der Waals surface area (Å²) in [5.41, 5.74) is 1.84. The molecule has 0 spiro atoms. The summed E-state index contributed by atoms with van der Waals surface area (Å²) in [5.74, 6) is 0.659. The van der Waals surface area contributed by atoms with Crippen LogP contribution in [0.5, 0.6) is 0 Å². The van der Waals surface area contributed by atoms with Crippen LogP contribution in [0.1, 0.15) is 63.5 Å². The molecule has 6 rings (SSSR count). The van der Waals surface area contributed by atoms with E-state index in [4.69, 9.17) is 0 Å². The SMILES string of the molecule is CC1(C(=O)C2c3c4c(ccc3=C(O)CC2(C)C)=c2ccccc2=CC4)CCC1.c1ccccc1. The summed E-state index contributed by atoms with van der Waals surface area (Å²) in [6, 6.07) is 24.7. The number of carbonyl (C=O) groups excluding carboxylic acids is 1. The summed E-state index contributed by atoms with van der Waals surface area (Å²) in [4.78, 5) is 13.8. The maximum atomic E-state index is 13.8. The zero-order valence-electron chi connectivity index (χ0n) is 20.5. The Labute approximate surface area is 202 Å². The largest absolute Gasteiger partial charge is 0.512 e. The Morgan fingerprint density at radius 1 is 0.824 bits per heavy atom. The lowest BCUT2D eigenvalue weighted by Gasteiger charge is -2.46. The molecule has 0 amide bonds. The average molecular weight is 451 g/mol. The van der Waals surface area contributed by atoms with Gasteiger partial charge < -0.3 is 5.11 Å². The van der Waals surface area contributed by atoms with Crippen molar-refractivity contribution in [2.45, 2.75) is 58.8 Å². The van der Waals surface area contributed by atoms with Crippen LogP contribution in [-0.4, -0.2) is 10.9 Å². The predicted octanol–water partition coefficient (Wildman–Crippen LogP) is 5.94. The first kappa shape index (κ1) is 22.7. The van der Waals surface area contributed by atoms with Crippen LogP contribution in [0.2, 0.25) is 0 Å². The Balaban J connectivity index is 0.000000351. The lowest BCUT2D eigenvalue weighted by molar-refractivity contribution is -0.136. The van der Waals surface area contributed by atoms with E-state index in [1.165, 1.54) is 21.2 Å². The topological polar surface area (TPSA) is 37.3 Å². The molecule has 34 heavy (non-hydrogen) atoms. The van der Waals surface area contributed by atoms with Gasteiger partial charge in [0.15, 0.2) is 0 Å². The van der Waals surface area contributed by atoms with Crippen molar-refractivity contribution in [3.63, 3.8) is 0 Å². The molecule has 0 heterocycles. The molecule has 1 unspecified atom stereocenters. The van der Waals surface area contributed by atoms with Gasteiger partial charge in [0.2, 0.25) is 0 Å². The number of hydrogen-bond donors (Lipinski definition) is 1. The number of aliphatic hydroxyl groups is 1. The van der Waals surface area contributed by atoms with Crippen LogP contribution < -0.4 is 10.4 Å². The fourth-order valence-corrected chi connectivity index (χ4v) is 6.04. The summed E-state index contributed by atoms with van der Waals surface area (Å²) < 4.78 is 0. The average Bonchev–Trinajstić information content (AvgIpc) is 2.83. The molecule has 1 saturated carbocycles. The first-order valence-electron chi connectivity index (χ1n) is 12.5. The fourth-order valence-electron chi connectivity index (χ4n) is 6.04. The van der Waals surface area contributed by atoms with Gasteiger partial charge in [0.05, 0.1) is 0 Å². The number of fused-ring (bicyclic) bond motifs is 4. The molecule has 3 aromatic carbocycles. The summed E-state index contributed by atoms with van der Waals surface area (Å²) in [6.07, 6.45) is 6.78. The normalized spacial score (nSPS) is 20.8. The van der Waals surface area contributed by atoms with Crippen molar-refractivity contribution in [3.05, 3.63) is 105 Å². The number of ketones is 1. The Morgan fingerprint density at radius 2 is 1.44 bits per heavy atom. The number of aliphatic hydroxyl groups excluding tert-OH is 1. The first-order chi connectivity index (χ1) is 16.3. The minimum Gasteiger partial charge on any atom is -0.512 e. The second-order valence-electron chi connectivity index (χ2n) is 11.0. The summed E-state index contributed by atoms with van der Waals surface area (Å²) in [5, 5.41) is 15.5. The van der Waals surface area contributed by atoms with E-state index in [1.54, 1.807) is 0 Å². The Bertz CT molecular complexity index is 1420. The monoisotopic (exact) mass is 450 g/mol. The van der Waals surface area contributed by atoms with Crippen molar-refractivity contribution in [2.75, 3.05) is 0 Å². The maximum Gasteiger partial charge on any atom is 0.146 e. The van der Waals surface area contributed by atoms with Crippen LogP contribution in [0.25, 0.3) is 11.8 Å². The predicted molar refractivity (Wildman–Crippen MR) is 139 cm³/mol. The van der Waals surface area contributed by atoms with E-state index in [1.807, 2.05) is 42.5 Å². The molecule has 1 atom stereocenters. The number of hydrogen-bond acceptors (Lipinski definition) is 2. The second kappa shape index (κ2) is 8.58. The molecule has 3 aliphatic rings. The lowest BCUT2D eigenvalue weighted by atomic mass is 9.56. The molecule has 1 N–H and O–H groups in total. The van der Waals surface area contributed by atoms with E-state index in [0.29, 0.717) is 18.0 Å². The molecule has 1 fully saturated rings. The second-order valence-corrected chi connectivity index (χ2v) is 11.0. The molecule has 0 aliphatic heterocycles. The molecule has 3 aliphatic carbocycles. The van der Waals surface area contributed by atoms with Crippen LogP contribution >= 0.6 is 0 Å². The van der Waals surface area contributed by atoms with Gasteiger partial charge in [-0.2, -0.15) is 0 Å². The third-order valence-electron chi connectivity index (χ3n) is 8.12. The summed E-state index contributed by atoms with van der Waals surface area (Å²) >= 11 is 0. The van der Waals surface area contributed by atoms with E-state index in [-0.39, 0.29) is 16.7 Å². The van der Waals surface area contributed by atoms with Crippen LogP contribution in [0.3, 0.4) is 0 Å². The van der Waals surface area contributed by atoms with Crippen LogP contribution in [-0.2, 0) is 11.2 Å². The third kappa shape index (κ3) is 3.79. The molecule has 0 saturated heterocycles. The quantitative estimate of drug-likeness (QED) is 0.525. The van der Waals surface area contributed by atoms with E-state index in [2.05, 4.69) is 57.2 Å². The molecule has 174 valence electrons. The lowest BCUT2D eigenvalue weighted by Crippen LogP contribution is -2.47. The zero-order chi connectivity index (χ0) is 23.9. The molecule has 0 bridgehead atoms. The van der Waals surface area contributed by atoms with Gasteiger partial charge in [-0.15, -0.1) is 0 Å². The van der Waals surface area contributed by atoms with Crippen molar-refractivity contribution in [1.82, 2.24) is 0 Å². The standard InChI is InChI=1S/C26H28O2.C6H6/c1-25(2)15-21(27)20-12-11-18-17-8-5-4-7-16(17)9-10-19(18)22(20)23(25)24(28)26(3)13-6-14-26;1-2-4-6-5-3-1/h4-5,7-9,11-12,23,27H,6,10,13-15H2,1-3H3;1-6H. The number of rotatable bonds is 2. The van der Waals surface area contributed by atoms with E-state index >= 15 is 0 Å². The minimum absolute atomic E-state index is 0.155. The van der Waals surface area contributed by atoms with Crippen LogP contribution in [0.15, 0.2) is 72.8 Å². The van der Waals surface area contributed by atoms with Crippen molar-refractivity contribution in [1.29, 1.82) is 0 Å². The molecule has 0 radical (unpaired) electrons. The Kier molecular flexibility index (Phi) is 5.72. The molecule has 3 aromatic rings. The summed E-state index contributed by atoms with van der Waals surface area (Å²) in [7, 11) is 0. The van der Waals surface area contributed by atoms with Gasteiger partial charge >= 0.3 is 0 Å². The van der Waals surface area contributed by atoms with Crippen molar-refractivity contribution < 1.29 is 9.90 Å². The molecular weight excluding hydrogens is 416 g/mol. The van der Waals surface area contributed by atoms with E-state index < -0.39 is 0 Å². The van der Waals surface area contributed by atoms with Crippen LogP contribution in [0.4, 0.5) is 0 Å². The Morgan fingerprint density at radius 3 is 2.06 bits per heavy atom. The van der Waals surface area contributed by atoms with Gasteiger partial charge in [-0.3, -0.25) is 4.79 Å². The minimum atomic E-state index is -0.279. The van der Waals surface area contributed by atoms with Gasteiger partial charge in [0, 0.05) is 23.0 Å². The highest BCUT2D eigenvalue weighted by atomic mass is 16.3. The number of benzene rings is 3. The summed E-state index contributed by atoms with van der Waals surface area (Å²) in [6.45, 7) is 6.44. The van der Waals surface area contributed by atoms with Crippen molar-refractivity contribution in [2.24, 2.45) is 10.8 Å². The zero-order valence-corrected chi connectivity index (χ0v) is 20.5. The van der Waals surface area contributed by atoms with Gasteiger partial charge in [-0.25, -0.2) is 0 Å². The first-order valence-corrected chi connectivity index (χ1v) is 12.5. The highest BCUT2D eigenvalue weighted by molar-refractivity contribution is 5.93. The van der Waals surface area contributed by atoms with E-state index in [0.717, 1.165) is 36.5 Å². The molecule has 2 nitrogen and oxygen atoms in total. The van der Waals surface area contributed by atoms with Crippen LogP contribution in [0, 0.1) is 21.3 Å². The van der Waals surface area contributed by atoms with Gasteiger partial charge in [0.1, 0.15) is 11.5 Å². The number of carbonyl (C=O) groups is 1. The highest BCUT2D eigenvalue weighted by Crippen LogP contribution is 2.52. The molecule has 0 aromatic heterocycles. The van der Waals surface area contributed by atoms with Crippen molar-refractivity contribution >= 4 is 17.6 Å². The van der Waals surface area contributed by atoms with Crippen molar-refractivity contribution in [3.8, 4) is 0 Å².